The first-order valence-corrected chi connectivity index (χ1v) is 8.45. The van der Waals surface area contributed by atoms with Crippen molar-refractivity contribution in [3.8, 4) is 0 Å². The minimum Gasteiger partial charge on any atom is -0.340 e. The maximum atomic E-state index is 11.8. The van der Waals surface area contributed by atoms with Crippen LogP contribution in [0.2, 0.25) is 0 Å². The van der Waals surface area contributed by atoms with E-state index >= 15 is 0 Å². The summed E-state index contributed by atoms with van der Waals surface area (Å²) in [6.07, 6.45) is 5.84. The Bertz CT molecular complexity index is 966. The predicted octanol–water partition coefficient (Wildman–Crippen LogP) is 4.49. The number of hydrogen-bond donors (Lipinski definition) is 1. The average Bonchev–Trinajstić information content (AvgIpc) is 2.92. The number of hydroxylamine groups is 1. The van der Waals surface area contributed by atoms with Crippen LogP contribution in [-0.4, -0.2) is 17.6 Å². The van der Waals surface area contributed by atoms with Gasteiger partial charge in [0.15, 0.2) is 0 Å². The number of para-hydroxylation sites is 1. The van der Waals surface area contributed by atoms with Crippen molar-refractivity contribution in [2.45, 2.75) is 13.5 Å². The molecule has 132 valence electrons. The van der Waals surface area contributed by atoms with E-state index in [4.69, 9.17) is 0 Å². The van der Waals surface area contributed by atoms with Crippen molar-refractivity contribution < 1.29 is 9.63 Å². The zero-order valence-corrected chi connectivity index (χ0v) is 15.0. The van der Waals surface area contributed by atoms with Crippen LogP contribution in [0.5, 0.6) is 0 Å². The summed E-state index contributed by atoms with van der Waals surface area (Å²) in [5.41, 5.74) is 7.62. The molecule has 0 radical (unpaired) electrons. The summed E-state index contributed by atoms with van der Waals surface area (Å²) in [5, 5.41) is 1.22. The van der Waals surface area contributed by atoms with Crippen LogP contribution in [0.25, 0.3) is 17.0 Å². The molecule has 1 heterocycles. The van der Waals surface area contributed by atoms with Gasteiger partial charge in [-0.15, -0.1) is 0 Å². The molecule has 0 spiro atoms. The van der Waals surface area contributed by atoms with Crippen molar-refractivity contribution in [2.24, 2.45) is 0 Å². The fourth-order valence-electron chi connectivity index (χ4n) is 3.13. The molecule has 0 bridgehead atoms. The molecule has 0 saturated carbocycles. The van der Waals surface area contributed by atoms with Crippen LogP contribution in [0.1, 0.15) is 27.2 Å². The first-order valence-electron chi connectivity index (χ1n) is 8.45. The van der Waals surface area contributed by atoms with E-state index in [1.807, 2.05) is 30.3 Å². The molecule has 3 rings (SSSR count). The quantitative estimate of drug-likeness (QED) is 0.528. The van der Waals surface area contributed by atoms with Crippen LogP contribution < -0.4 is 5.48 Å². The number of hydrogen-bond acceptors (Lipinski definition) is 2. The van der Waals surface area contributed by atoms with Crippen molar-refractivity contribution in [1.29, 1.82) is 0 Å². The van der Waals surface area contributed by atoms with Gasteiger partial charge in [0.25, 0.3) is 5.91 Å². The van der Waals surface area contributed by atoms with Crippen LogP contribution in [0.4, 0.5) is 0 Å². The lowest BCUT2D eigenvalue weighted by atomic mass is 10.1. The lowest BCUT2D eigenvalue weighted by molar-refractivity contribution is 0.0537. The number of carbonyl (C=O) groups excluding carboxylic acids is 1. The highest BCUT2D eigenvalue weighted by atomic mass is 16.6. The second-order valence-corrected chi connectivity index (χ2v) is 6.03. The Hall–Kier alpha value is -3.11. The molecule has 1 amide bonds. The number of benzene rings is 2. The van der Waals surface area contributed by atoms with E-state index in [0.29, 0.717) is 5.56 Å². The van der Waals surface area contributed by atoms with Crippen molar-refractivity contribution in [3.63, 3.8) is 0 Å². The monoisotopic (exact) mass is 346 g/mol. The molecule has 0 fully saturated rings. The molecule has 0 saturated heterocycles. The van der Waals surface area contributed by atoms with Crippen LogP contribution in [0.15, 0.2) is 67.3 Å². The average molecular weight is 346 g/mol. The van der Waals surface area contributed by atoms with Gasteiger partial charge < -0.3 is 4.57 Å². The molecule has 0 unspecified atom stereocenters. The molecule has 1 N–H and O–H groups in total. The van der Waals surface area contributed by atoms with Gasteiger partial charge >= 0.3 is 0 Å². The number of carbonyl (C=O) groups is 1. The van der Waals surface area contributed by atoms with E-state index in [0.717, 1.165) is 12.1 Å². The van der Waals surface area contributed by atoms with E-state index in [-0.39, 0.29) is 5.91 Å². The van der Waals surface area contributed by atoms with Gasteiger partial charge in [-0.25, -0.2) is 5.48 Å². The first kappa shape index (κ1) is 17.7. The van der Waals surface area contributed by atoms with Crippen LogP contribution in [-0.2, 0) is 11.4 Å². The highest BCUT2D eigenvalue weighted by molar-refractivity contribution is 5.93. The zero-order chi connectivity index (χ0) is 18.5. The SMILES string of the molecule is C=C/C=C\c1c(C)n(Cc2ccc(C(=O)NOC)cc2)c2ccccc12. The Kier molecular flexibility index (Phi) is 5.34. The number of amides is 1. The molecule has 4 nitrogen and oxygen atoms in total. The summed E-state index contributed by atoms with van der Waals surface area (Å²) in [7, 11) is 1.42. The second-order valence-electron chi connectivity index (χ2n) is 6.03. The van der Waals surface area contributed by atoms with E-state index in [2.05, 4.69) is 58.7 Å². The number of fused-ring (bicyclic) bond motifs is 1. The second kappa shape index (κ2) is 7.85. The zero-order valence-electron chi connectivity index (χ0n) is 15.0. The van der Waals surface area contributed by atoms with Gasteiger partial charge in [0.2, 0.25) is 0 Å². The number of aromatic nitrogens is 1. The number of rotatable bonds is 6. The van der Waals surface area contributed by atoms with Crippen LogP contribution >= 0.6 is 0 Å². The molecule has 4 heteroatoms. The summed E-state index contributed by atoms with van der Waals surface area (Å²) < 4.78 is 2.29. The van der Waals surface area contributed by atoms with Crippen molar-refractivity contribution in [1.82, 2.24) is 10.0 Å². The lowest BCUT2D eigenvalue weighted by Gasteiger charge is -2.10. The minimum absolute atomic E-state index is 0.251. The normalized spacial score (nSPS) is 11.2. The molecule has 0 aliphatic carbocycles. The van der Waals surface area contributed by atoms with Gasteiger partial charge in [-0.2, -0.15) is 0 Å². The summed E-state index contributed by atoms with van der Waals surface area (Å²) in [6, 6.07) is 15.9. The third-order valence-corrected chi connectivity index (χ3v) is 4.43. The van der Waals surface area contributed by atoms with Gasteiger partial charge in [-0.1, -0.05) is 55.1 Å². The molecule has 2 aromatic carbocycles. The Morgan fingerprint density at radius 1 is 1.19 bits per heavy atom. The highest BCUT2D eigenvalue weighted by Gasteiger charge is 2.12. The van der Waals surface area contributed by atoms with Crippen molar-refractivity contribution in [3.05, 3.63) is 89.6 Å². The lowest BCUT2D eigenvalue weighted by Crippen LogP contribution is -2.21. The Balaban J connectivity index is 1.96. The highest BCUT2D eigenvalue weighted by Crippen LogP contribution is 2.28. The van der Waals surface area contributed by atoms with Gasteiger partial charge in [0.05, 0.1) is 7.11 Å². The predicted molar refractivity (Wildman–Crippen MR) is 106 cm³/mol. The van der Waals surface area contributed by atoms with E-state index < -0.39 is 0 Å². The fraction of sp³-hybridized carbons (Fsp3) is 0.136. The molecular weight excluding hydrogens is 324 g/mol. The Morgan fingerprint density at radius 3 is 2.62 bits per heavy atom. The largest absolute Gasteiger partial charge is 0.340 e. The Morgan fingerprint density at radius 2 is 1.92 bits per heavy atom. The number of allylic oxidation sites excluding steroid dienone is 2. The maximum absolute atomic E-state index is 11.8. The van der Waals surface area contributed by atoms with Crippen molar-refractivity contribution in [2.75, 3.05) is 7.11 Å². The summed E-state index contributed by atoms with van der Waals surface area (Å²) >= 11 is 0. The molecule has 1 aromatic heterocycles. The molecule has 0 atom stereocenters. The number of nitrogens with one attached hydrogen (secondary N) is 1. The van der Waals surface area contributed by atoms with Gasteiger partial charge in [0, 0.05) is 34.3 Å². The maximum Gasteiger partial charge on any atom is 0.274 e. The Labute approximate surface area is 153 Å². The topological polar surface area (TPSA) is 43.3 Å². The molecule has 3 aromatic rings. The van der Waals surface area contributed by atoms with Gasteiger partial charge in [-0.05, 0) is 30.7 Å². The third kappa shape index (κ3) is 3.46. The molecule has 26 heavy (non-hydrogen) atoms. The molecule has 0 aliphatic rings. The standard InChI is InChI=1S/C22H22N2O2/c1-4-5-8-19-16(2)24(21-10-7-6-9-20(19)21)15-17-11-13-18(14-12-17)22(25)23-26-3/h4-14H,1,15H2,2-3H3,(H,23,25)/b8-5-. The smallest absolute Gasteiger partial charge is 0.274 e. The van der Waals surface area contributed by atoms with Gasteiger partial charge in [0.1, 0.15) is 0 Å². The van der Waals surface area contributed by atoms with E-state index in [9.17, 15) is 4.79 Å². The molecule has 0 aliphatic heterocycles. The fourth-order valence-corrected chi connectivity index (χ4v) is 3.13. The summed E-state index contributed by atoms with van der Waals surface area (Å²) in [4.78, 5) is 16.5. The summed E-state index contributed by atoms with van der Waals surface area (Å²) in [6.45, 7) is 6.63. The van der Waals surface area contributed by atoms with Crippen molar-refractivity contribution >= 4 is 22.9 Å². The van der Waals surface area contributed by atoms with E-state index in [1.165, 1.54) is 29.3 Å². The first-order chi connectivity index (χ1) is 12.7. The summed E-state index contributed by atoms with van der Waals surface area (Å²) in [5.74, 6) is -0.251. The van der Waals surface area contributed by atoms with Crippen LogP contribution in [0, 0.1) is 6.92 Å². The van der Waals surface area contributed by atoms with Crippen LogP contribution in [0.3, 0.4) is 0 Å². The minimum atomic E-state index is -0.251. The number of nitrogens with zero attached hydrogens (tertiary/aromatic N) is 1. The van der Waals surface area contributed by atoms with E-state index in [1.54, 1.807) is 6.08 Å². The third-order valence-electron chi connectivity index (χ3n) is 4.43. The molecular formula is C22H22N2O2. The van der Waals surface area contributed by atoms with Gasteiger partial charge in [-0.3, -0.25) is 9.63 Å².